The molecule has 0 radical (unpaired) electrons. The number of nitrogens with two attached hydrogens (primary N) is 1. The summed E-state index contributed by atoms with van der Waals surface area (Å²) < 4.78 is 18.3. The number of amides is 1. The molecule has 0 aliphatic rings. The number of phenols is 1. The molecule has 0 aliphatic heterocycles. The molecule has 8 heteroatoms. The van der Waals surface area contributed by atoms with Crippen molar-refractivity contribution < 1.29 is 19.0 Å². The van der Waals surface area contributed by atoms with Gasteiger partial charge < -0.3 is 20.9 Å². The Morgan fingerprint density at radius 3 is 2.40 bits per heavy atom. The van der Waals surface area contributed by atoms with Gasteiger partial charge in [0.05, 0.1) is 12.4 Å². The Morgan fingerprint density at radius 1 is 1.10 bits per heavy atom. The van der Waals surface area contributed by atoms with Crippen LogP contribution in [0.5, 0.6) is 17.4 Å². The SMILES string of the molecule is CC.NC(=O)c1cnc(Oc2ccc(CNCCc3ccc(F)cc3)cc2O)cn1. The van der Waals surface area contributed by atoms with E-state index in [9.17, 15) is 14.3 Å². The number of primary amides is 1. The summed E-state index contributed by atoms with van der Waals surface area (Å²) in [6.07, 6.45) is 3.23. The topological polar surface area (TPSA) is 110 Å². The van der Waals surface area contributed by atoms with E-state index in [4.69, 9.17) is 10.5 Å². The van der Waals surface area contributed by atoms with Crippen molar-refractivity contribution in [1.82, 2.24) is 15.3 Å². The zero-order chi connectivity index (χ0) is 21.9. The minimum Gasteiger partial charge on any atom is -0.504 e. The minimum atomic E-state index is -0.682. The summed E-state index contributed by atoms with van der Waals surface area (Å²) >= 11 is 0. The molecule has 0 spiro atoms. The van der Waals surface area contributed by atoms with Gasteiger partial charge in [-0.15, -0.1) is 0 Å². The fourth-order valence-corrected chi connectivity index (χ4v) is 2.48. The predicted octanol–water partition coefficient (Wildman–Crippen LogP) is 3.57. The highest BCUT2D eigenvalue weighted by molar-refractivity contribution is 5.90. The number of nitrogens with one attached hydrogen (secondary N) is 1. The van der Waals surface area contributed by atoms with E-state index in [-0.39, 0.29) is 28.9 Å². The van der Waals surface area contributed by atoms with Gasteiger partial charge in [-0.25, -0.2) is 14.4 Å². The van der Waals surface area contributed by atoms with Gasteiger partial charge in [-0.2, -0.15) is 0 Å². The molecule has 0 fully saturated rings. The van der Waals surface area contributed by atoms with Gasteiger partial charge in [0, 0.05) is 6.54 Å². The molecule has 0 bridgehead atoms. The van der Waals surface area contributed by atoms with Crippen LogP contribution in [0.15, 0.2) is 54.9 Å². The van der Waals surface area contributed by atoms with Crippen molar-refractivity contribution in [2.24, 2.45) is 5.73 Å². The van der Waals surface area contributed by atoms with Crippen molar-refractivity contribution >= 4 is 5.91 Å². The van der Waals surface area contributed by atoms with Gasteiger partial charge >= 0.3 is 0 Å². The second-order valence-electron chi connectivity index (χ2n) is 6.06. The van der Waals surface area contributed by atoms with E-state index >= 15 is 0 Å². The zero-order valence-corrected chi connectivity index (χ0v) is 16.9. The maximum Gasteiger partial charge on any atom is 0.268 e. The van der Waals surface area contributed by atoms with Gasteiger partial charge in [0.1, 0.15) is 11.5 Å². The molecule has 3 rings (SSSR count). The normalized spacial score (nSPS) is 10.1. The summed E-state index contributed by atoms with van der Waals surface area (Å²) in [5.41, 5.74) is 7.05. The standard InChI is InChI=1S/C20H19FN4O3.C2H6/c21-15-4-1-13(2-5-15)7-8-23-10-14-3-6-18(17(26)9-14)28-19-12-24-16(11-25-19)20(22)27;1-2/h1-6,9,11-12,23,26H,7-8,10H2,(H2,22,27);1-2H3. The summed E-state index contributed by atoms with van der Waals surface area (Å²) in [6.45, 7) is 5.27. The molecule has 0 atom stereocenters. The Labute approximate surface area is 174 Å². The number of phenolic OH excluding ortho intramolecular Hbond substituents is 1. The van der Waals surface area contributed by atoms with E-state index in [0.717, 1.165) is 17.5 Å². The monoisotopic (exact) mass is 412 g/mol. The summed E-state index contributed by atoms with van der Waals surface area (Å²) in [5.74, 6) is -0.622. The fourth-order valence-electron chi connectivity index (χ4n) is 2.48. The molecule has 7 nitrogen and oxygen atoms in total. The largest absolute Gasteiger partial charge is 0.504 e. The first-order chi connectivity index (χ1) is 14.5. The van der Waals surface area contributed by atoms with Gasteiger partial charge in [0.15, 0.2) is 11.5 Å². The minimum absolute atomic E-state index is 0.0265. The van der Waals surface area contributed by atoms with Gasteiger partial charge in [0.25, 0.3) is 5.91 Å². The van der Waals surface area contributed by atoms with E-state index in [0.29, 0.717) is 13.1 Å². The number of aromatic hydroxyl groups is 1. The van der Waals surface area contributed by atoms with Crippen molar-refractivity contribution in [3.8, 4) is 17.4 Å². The third-order valence-corrected chi connectivity index (χ3v) is 3.95. The highest BCUT2D eigenvalue weighted by atomic mass is 19.1. The molecule has 3 aromatic rings. The number of hydrogen-bond donors (Lipinski definition) is 3. The van der Waals surface area contributed by atoms with Crippen LogP contribution in [0.1, 0.15) is 35.5 Å². The smallest absolute Gasteiger partial charge is 0.268 e. The van der Waals surface area contributed by atoms with E-state index in [1.165, 1.54) is 24.5 Å². The summed E-state index contributed by atoms with van der Waals surface area (Å²) in [6, 6.07) is 11.4. The van der Waals surface area contributed by atoms with Crippen LogP contribution in [0.4, 0.5) is 4.39 Å². The van der Waals surface area contributed by atoms with Crippen LogP contribution in [0.25, 0.3) is 0 Å². The maximum absolute atomic E-state index is 12.9. The van der Waals surface area contributed by atoms with Crippen LogP contribution in [-0.4, -0.2) is 27.5 Å². The van der Waals surface area contributed by atoms with Gasteiger partial charge in [-0.1, -0.05) is 32.0 Å². The molecular formula is C22H25FN4O3. The highest BCUT2D eigenvalue weighted by Gasteiger charge is 2.08. The Morgan fingerprint density at radius 2 is 1.80 bits per heavy atom. The molecule has 4 N–H and O–H groups in total. The summed E-state index contributed by atoms with van der Waals surface area (Å²) in [7, 11) is 0. The number of aromatic nitrogens is 2. The Bertz CT molecular complexity index is 948. The first kappa shape index (κ1) is 22.8. The highest BCUT2D eigenvalue weighted by Crippen LogP contribution is 2.30. The quantitative estimate of drug-likeness (QED) is 0.488. The van der Waals surface area contributed by atoms with Crippen LogP contribution in [-0.2, 0) is 13.0 Å². The van der Waals surface area contributed by atoms with Gasteiger partial charge in [0.2, 0.25) is 5.88 Å². The molecule has 0 unspecified atom stereocenters. The van der Waals surface area contributed by atoms with Crippen molar-refractivity contribution in [3.63, 3.8) is 0 Å². The average Bonchev–Trinajstić information content (AvgIpc) is 2.76. The van der Waals surface area contributed by atoms with Crippen LogP contribution in [0.2, 0.25) is 0 Å². The van der Waals surface area contributed by atoms with Crippen LogP contribution >= 0.6 is 0 Å². The third kappa shape index (κ3) is 6.82. The maximum atomic E-state index is 12.9. The molecule has 1 amide bonds. The molecule has 158 valence electrons. The third-order valence-electron chi connectivity index (χ3n) is 3.95. The number of carbonyl (C=O) groups excluding carboxylic acids is 1. The number of hydrogen-bond acceptors (Lipinski definition) is 6. The number of carbonyl (C=O) groups is 1. The number of benzene rings is 2. The second-order valence-corrected chi connectivity index (χ2v) is 6.06. The van der Waals surface area contributed by atoms with Crippen LogP contribution < -0.4 is 15.8 Å². The lowest BCUT2D eigenvalue weighted by Gasteiger charge is -2.09. The Balaban J connectivity index is 0.00000155. The molecular weight excluding hydrogens is 387 g/mol. The number of halogens is 1. The summed E-state index contributed by atoms with van der Waals surface area (Å²) in [4.78, 5) is 18.7. The lowest BCUT2D eigenvalue weighted by atomic mass is 10.1. The van der Waals surface area contributed by atoms with E-state index in [1.807, 2.05) is 19.9 Å². The number of rotatable bonds is 8. The van der Waals surface area contributed by atoms with Gasteiger partial charge in [-0.3, -0.25) is 4.79 Å². The lowest BCUT2D eigenvalue weighted by molar-refractivity contribution is 0.0995. The van der Waals surface area contributed by atoms with Crippen molar-refractivity contribution in [2.75, 3.05) is 6.54 Å². The van der Waals surface area contributed by atoms with Crippen LogP contribution in [0.3, 0.4) is 0 Å². The van der Waals surface area contributed by atoms with Crippen molar-refractivity contribution in [1.29, 1.82) is 0 Å². The van der Waals surface area contributed by atoms with E-state index in [2.05, 4.69) is 15.3 Å². The fraction of sp³-hybridized carbons (Fsp3) is 0.227. The summed E-state index contributed by atoms with van der Waals surface area (Å²) in [5, 5.41) is 13.4. The van der Waals surface area contributed by atoms with E-state index in [1.54, 1.807) is 24.3 Å². The van der Waals surface area contributed by atoms with Crippen molar-refractivity contribution in [2.45, 2.75) is 26.8 Å². The molecule has 0 saturated heterocycles. The molecule has 1 heterocycles. The molecule has 1 aromatic heterocycles. The molecule has 0 saturated carbocycles. The molecule has 0 aliphatic carbocycles. The van der Waals surface area contributed by atoms with E-state index < -0.39 is 5.91 Å². The Kier molecular flexibility index (Phi) is 8.71. The predicted molar refractivity (Wildman–Crippen MR) is 112 cm³/mol. The Hall–Kier alpha value is -3.52. The first-order valence-corrected chi connectivity index (χ1v) is 9.58. The second kappa shape index (κ2) is 11.5. The number of nitrogens with zero attached hydrogens (tertiary/aromatic N) is 2. The van der Waals surface area contributed by atoms with Crippen molar-refractivity contribution in [3.05, 3.63) is 77.5 Å². The molecule has 30 heavy (non-hydrogen) atoms. The molecule has 2 aromatic carbocycles. The lowest BCUT2D eigenvalue weighted by Crippen LogP contribution is -2.16. The van der Waals surface area contributed by atoms with Crippen LogP contribution in [0, 0.1) is 5.82 Å². The number of ether oxygens (including phenoxy) is 1. The average molecular weight is 412 g/mol. The van der Waals surface area contributed by atoms with Gasteiger partial charge in [-0.05, 0) is 48.4 Å². The first-order valence-electron chi connectivity index (χ1n) is 9.58. The zero-order valence-electron chi connectivity index (χ0n) is 16.9.